The van der Waals surface area contributed by atoms with Gasteiger partial charge in [0.15, 0.2) is 0 Å². The second-order valence-corrected chi connectivity index (χ2v) is 4.14. The molecule has 8 heteroatoms. The van der Waals surface area contributed by atoms with E-state index in [0.29, 0.717) is 0 Å². The number of nitrogens with zero attached hydrogens (tertiary/aromatic N) is 2. The first-order valence-electron chi connectivity index (χ1n) is 5.84. The fourth-order valence-electron chi connectivity index (χ4n) is 1.68. The molecule has 0 aliphatic rings. The Hall–Kier alpha value is -2.64. The minimum Gasteiger partial charge on any atom is -0.324 e. The van der Waals surface area contributed by atoms with Gasteiger partial charge in [-0.2, -0.15) is 13.2 Å². The largest absolute Gasteiger partial charge is 0.418 e. The van der Waals surface area contributed by atoms with Crippen molar-refractivity contribution in [1.29, 1.82) is 0 Å². The van der Waals surface area contributed by atoms with Crippen molar-refractivity contribution in [2.45, 2.75) is 12.7 Å². The van der Waals surface area contributed by atoms with Crippen LogP contribution in [0.25, 0.3) is 0 Å². The number of rotatable bonds is 3. The predicted octanol–water partition coefficient (Wildman–Crippen LogP) is 1.90. The highest BCUT2D eigenvalue weighted by Crippen LogP contribution is 2.34. The summed E-state index contributed by atoms with van der Waals surface area (Å²) in [5.74, 6) is -0.748. The number of amides is 1. The smallest absolute Gasteiger partial charge is 0.324 e. The molecule has 0 bridgehead atoms. The molecule has 0 saturated carbocycles. The number of benzene rings is 1. The van der Waals surface area contributed by atoms with E-state index in [-0.39, 0.29) is 5.69 Å². The summed E-state index contributed by atoms with van der Waals surface area (Å²) in [5.41, 5.74) is -1.77. The molecule has 2 aromatic rings. The molecule has 0 atom stereocenters. The molecule has 1 amide bonds. The van der Waals surface area contributed by atoms with Gasteiger partial charge in [0.05, 0.1) is 17.6 Å². The number of para-hydroxylation sites is 1. The summed E-state index contributed by atoms with van der Waals surface area (Å²) >= 11 is 0. The summed E-state index contributed by atoms with van der Waals surface area (Å²) in [6.07, 6.45) is -2.18. The lowest BCUT2D eigenvalue weighted by molar-refractivity contribution is -0.137. The van der Waals surface area contributed by atoms with E-state index in [0.717, 1.165) is 29.1 Å². The van der Waals surface area contributed by atoms with Crippen LogP contribution in [0, 0.1) is 0 Å². The highest BCUT2D eigenvalue weighted by molar-refractivity contribution is 5.91. The zero-order valence-corrected chi connectivity index (χ0v) is 10.6. The fraction of sp³-hybridized carbons (Fsp3) is 0.154. The molecule has 5 nitrogen and oxygen atoms in total. The zero-order chi connectivity index (χ0) is 15.5. The van der Waals surface area contributed by atoms with E-state index in [2.05, 4.69) is 10.3 Å². The molecule has 0 saturated heterocycles. The first kappa shape index (κ1) is 14.8. The molecule has 110 valence electrons. The predicted molar refractivity (Wildman–Crippen MR) is 68.6 cm³/mol. The summed E-state index contributed by atoms with van der Waals surface area (Å²) in [7, 11) is 0. The third kappa shape index (κ3) is 3.68. The number of hydrogen-bond donors (Lipinski definition) is 1. The average Bonchev–Trinajstić information content (AvgIpc) is 2.41. The summed E-state index contributed by atoms with van der Waals surface area (Å²) in [6.45, 7) is -0.418. The van der Waals surface area contributed by atoms with Gasteiger partial charge in [-0.05, 0) is 12.1 Å². The third-order valence-corrected chi connectivity index (χ3v) is 2.61. The van der Waals surface area contributed by atoms with E-state index >= 15 is 0 Å². The van der Waals surface area contributed by atoms with E-state index < -0.39 is 29.8 Å². The molecule has 0 unspecified atom stereocenters. The summed E-state index contributed by atoms with van der Waals surface area (Å²) in [5, 5.41) is 2.15. The number of carbonyl (C=O) groups is 1. The van der Waals surface area contributed by atoms with E-state index in [1.807, 2.05) is 0 Å². The van der Waals surface area contributed by atoms with Crippen molar-refractivity contribution in [3.63, 3.8) is 0 Å². The topological polar surface area (TPSA) is 64.0 Å². The molecule has 1 heterocycles. The maximum absolute atomic E-state index is 12.8. The van der Waals surface area contributed by atoms with Crippen LogP contribution in [-0.2, 0) is 17.5 Å². The van der Waals surface area contributed by atoms with E-state index in [9.17, 15) is 22.8 Å². The molecule has 0 spiro atoms. The van der Waals surface area contributed by atoms with Crippen LogP contribution in [0.2, 0.25) is 0 Å². The van der Waals surface area contributed by atoms with Gasteiger partial charge in [-0.15, -0.1) is 0 Å². The van der Waals surface area contributed by atoms with Crippen LogP contribution >= 0.6 is 0 Å². The second-order valence-electron chi connectivity index (χ2n) is 4.14. The van der Waals surface area contributed by atoms with Gasteiger partial charge in [0.25, 0.3) is 5.56 Å². The monoisotopic (exact) mass is 297 g/mol. The maximum atomic E-state index is 12.8. The molecule has 1 aromatic heterocycles. The third-order valence-electron chi connectivity index (χ3n) is 2.61. The molecule has 0 radical (unpaired) electrons. The van der Waals surface area contributed by atoms with Crippen molar-refractivity contribution in [3.05, 3.63) is 58.8 Å². The summed E-state index contributed by atoms with van der Waals surface area (Å²) in [6, 6.07) is 5.76. The molecular formula is C13H10F3N3O2. The summed E-state index contributed by atoms with van der Waals surface area (Å²) < 4.78 is 39.3. The van der Waals surface area contributed by atoms with Crippen LogP contribution in [0.4, 0.5) is 18.9 Å². The molecule has 2 rings (SSSR count). The lowest BCUT2D eigenvalue weighted by Gasteiger charge is -2.13. The molecule has 0 aliphatic heterocycles. The van der Waals surface area contributed by atoms with Crippen molar-refractivity contribution in [1.82, 2.24) is 9.55 Å². The molecular weight excluding hydrogens is 287 g/mol. The number of alkyl halides is 3. The highest BCUT2D eigenvalue weighted by atomic mass is 19.4. The van der Waals surface area contributed by atoms with Crippen LogP contribution in [0.1, 0.15) is 5.56 Å². The van der Waals surface area contributed by atoms with E-state index in [4.69, 9.17) is 0 Å². The van der Waals surface area contributed by atoms with Crippen molar-refractivity contribution in [2.24, 2.45) is 0 Å². The van der Waals surface area contributed by atoms with Crippen molar-refractivity contribution < 1.29 is 18.0 Å². The second kappa shape index (κ2) is 5.78. The van der Waals surface area contributed by atoms with E-state index in [1.165, 1.54) is 18.3 Å². The van der Waals surface area contributed by atoms with Crippen molar-refractivity contribution in [3.8, 4) is 0 Å². The normalized spacial score (nSPS) is 11.2. The van der Waals surface area contributed by atoms with Gasteiger partial charge < -0.3 is 5.32 Å². The van der Waals surface area contributed by atoms with Crippen LogP contribution in [0.3, 0.4) is 0 Å². The van der Waals surface area contributed by atoms with Crippen LogP contribution in [0.15, 0.2) is 47.7 Å². The lowest BCUT2D eigenvalue weighted by Crippen LogP contribution is -2.27. The molecule has 0 fully saturated rings. The van der Waals surface area contributed by atoms with Crippen LogP contribution in [-0.4, -0.2) is 15.5 Å². The molecule has 1 N–H and O–H groups in total. The number of halogens is 3. The van der Waals surface area contributed by atoms with Gasteiger partial charge in [0.2, 0.25) is 5.91 Å². The number of nitrogens with one attached hydrogen (secondary N) is 1. The number of aromatic nitrogens is 2. The Kier molecular flexibility index (Phi) is 4.06. The van der Waals surface area contributed by atoms with Gasteiger partial charge in [-0.3, -0.25) is 14.2 Å². The minimum absolute atomic E-state index is 0.355. The van der Waals surface area contributed by atoms with Crippen molar-refractivity contribution in [2.75, 3.05) is 5.32 Å². The fourth-order valence-corrected chi connectivity index (χ4v) is 1.68. The Morgan fingerprint density at radius 3 is 2.62 bits per heavy atom. The van der Waals surface area contributed by atoms with Gasteiger partial charge in [0, 0.05) is 12.3 Å². The van der Waals surface area contributed by atoms with Gasteiger partial charge in [-0.1, -0.05) is 12.1 Å². The Labute approximate surface area is 117 Å². The van der Waals surface area contributed by atoms with Crippen LogP contribution < -0.4 is 10.9 Å². The number of carbonyl (C=O) groups excluding carboxylic acids is 1. The minimum atomic E-state index is -4.57. The average molecular weight is 297 g/mol. The van der Waals surface area contributed by atoms with Gasteiger partial charge in [-0.25, -0.2) is 4.98 Å². The quantitative estimate of drug-likeness (QED) is 0.941. The van der Waals surface area contributed by atoms with Gasteiger partial charge >= 0.3 is 6.18 Å². The molecule has 1 aromatic carbocycles. The van der Waals surface area contributed by atoms with Crippen LogP contribution in [0.5, 0.6) is 0 Å². The Morgan fingerprint density at radius 1 is 1.24 bits per heavy atom. The zero-order valence-electron chi connectivity index (χ0n) is 10.6. The number of anilines is 1. The Balaban J connectivity index is 2.18. The Bertz CT molecular complexity index is 710. The Morgan fingerprint density at radius 2 is 1.95 bits per heavy atom. The lowest BCUT2D eigenvalue weighted by atomic mass is 10.1. The standard InChI is InChI=1S/C13H10F3N3O2/c14-13(15,16)9-3-1-2-4-10(9)18-11(20)7-19-8-17-6-5-12(19)21/h1-6,8H,7H2,(H,18,20). The summed E-state index contributed by atoms with van der Waals surface area (Å²) in [4.78, 5) is 26.8. The number of hydrogen-bond acceptors (Lipinski definition) is 3. The maximum Gasteiger partial charge on any atom is 0.418 e. The highest BCUT2D eigenvalue weighted by Gasteiger charge is 2.33. The molecule has 0 aliphatic carbocycles. The molecule has 21 heavy (non-hydrogen) atoms. The van der Waals surface area contributed by atoms with Crippen molar-refractivity contribution >= 4 is 11.6 Å². The SMILES string of the molecule is O=C(Cn1cnccc1=O)Nc1ccccc1C(F)(F)F. The van der Waals surface area contributed by atoms with Gasteiger partial charge in [0.1, 0.15) is 6.54 Å². The first-order chi connectivity index (χ1) is 9.88. The van der Waals surface area contributed by atoms with E-state index in [1.54, 1.807) is 0 Å². The first-order valence-corrected chi connectivity index (χ1v) is 5.84.